The molecule has 0 bridgehead atoms. The summed E-state index contributed by atoms with van der Waals surface area (Å²) in [7, 11) is 3.97. The van der Waals surface area contributed by atoms with Gasteiger partial charge in [0.2, 0.25) is 0 Å². The first-order valence-electron chi connectivity index (χ1n) is 10.8. The number of amidine groups is 1. The van der Waals surface area contributed by atoms with Crippen LogP contribution in [-0.4, -0.2) is 51.3 Å². The summed E-state index contributed by atoms with van der Waals surface area (Å²) in [6.07, 6.45) is 0. The molecule has 0 unspecified atom stereocenters. The van der Waals surface area contributed by atoms with Crippen molar-refractivity contribution < 1.29 is 9.36 Å². The number of amides is 1. The van der Waals surface area contributed by atoms with Crippen molar-refractivity contribution in [3.63, 3.8) is 0 Å². The van der Waals surface area contributed by atoms with Crippen LogP contribution in [0.3, 0.4) is 0 Å². The Morgan fingerprint density at radius 1 is 1.18 bits per heavy atom. The van der Waals surface area contributed by atoms with E-state index in [4.69, 9.17) is 16.6 Å². The van der Waals surface area contributed by atoms with Crippen LogP contribution in [0.5, 0.6) is 0 Å². The van der Waals surface area contributed by atoms with Gasteiger partial charge in [-0.25, -0.2) is 4.57 Å². The highest BCUT2D eigenvalue weighted by molar-refractivity contribution is 8.23. The number of thioether (sulfide) groups is 2. The molecule has 2 fully saturated rings. The van der Waals surface area contributed by atoms with Crippen molar-refractivity contribution in [3.8, 4) is 0 Å². The standard InChI is InChI=1S/C22H23ClN5O2S4/c1-5-27-17(29)15(19-25(3)9-10-31-19)33-20(27)16-18(30)28(6-2)22(34-16)24-21-26(4)13-8-7-12(23)11-14(13)32-21/h7-8,11H,5-6,9-10H2,1-4H3/q+1/b19-15+,20-16-. The number of aryl methyl sites for hydroxylation is 1. The molecule has 1 aromatic carbocycles. The summed E-state index contributed by atoms with van der Waals surface area (Å²) in [6.45, 7) is 5.81. The van der Waals surface area contributed by atoms with Crippen molar-refractivity contribution >= 4 is 94.2 Å². The fourth-order valence-electron chi connectivity index (χ4n) is 3.92. The normalized spacial score (nSPS) is 21.1. The molecule has 0 N–H and O–H groups in total. The minimum absolute atomic E-state index is 0.0270. The van der Waals surface area contributed by atoms with E-state index in [1.165, 1.54) is 34.4 Å². The van der Waals surface area contributed by atoms with Crippen LogP contribution in [0.25, 0.3) is 20.2 Å². The van der Waals surface area contributed by atoms with Gasteiger partial charge in [0.05, 0.1) is 16.8 Å². The summed E-state index contributed by atoms with van der Waals surface area (Å²) in [5, 5.41) is 3.09. The van der Waals surface area contributed by atoms with Gasteiger partial charge in [0.1, 0.15) is 19.6 Å². The average molecular weight is 553 g/mol. The summed E-state index contributed by atoms with van der Waals surface area (Å²) in [5.74, 6) is 0.859. The fourth-order valence-corrected chi connectivity index (χ4v) is 9.09. The maximum absolute atomic E-state index is 13.4. The zero-order valence-corrected chi connectivity index (χ0v) is 23.1. The minimum atomic E-state index is -0.106. The molecule has 4 heterocycles. The molecule has 2 aliphatic heterocycles. The molecule has 2 aromatic heterocycles. The van der Waals surface area contributed by atoms with Gasteiger partial charge in [0, 0.05) is 37.5 Å². The lowest BCUT2D eigenvalue weighted by Crippen LogP contribution is -2.34. The Hall–Kier alpha value is -1.79. The first-order chi connectivity index (χ1) is 16.3. The maximum atomic E-state index is 13.4. The van der Waals surface area contributed by atoms with Gasteiger partial charge in [-0.1, -0.05) is 11.6 Å². The number of thiazole rings is 2. The van der Waals surface area contributed by atoms with Crippen molar-refractivity contribution in [2.24, 2.45) is 12.0 Å². The number of aliphatic imine (C=N–C) groups is 1. The third-order valence-electron chi connectivity index (χ3n) is 5.74. The van der Waals surface area contributed by atoms with E-state index in [0.717, 1.165) is 32.7 Å². The predicted molar refractivity (Wildman–Crippen MR) is 145 cm³/mol. The number of carbonyl (C=O) groups is 1. The van der Waals surface area contributed by atoms with Gasteiger partial charge in [-0.15, -0.1) is 23.1 Å². The molecule has 0 aliphatic carbocycles. The van der Waals surface area contributed by atoms with E-state index in [1.54, 1.807) is 21.2 Å². The van der Waals surface area contributed by atoms with E-state index in [0.29, 0.717) is 37.4 Å². The lowest BCUT2D eigenvalue weighted by atomic mass is 10.3. The first-order valence-corrected chi connectivity index (χ1v) is 14.6. The third kappa shape index (κ3) is 3.91. The van der Waals surface area contributed by atoms with Gasteiger partial charge < -0.3 is 4.90 Å². The number of hydrogen-bond acceptors (Lipinski definition) is 8. The Morgan fingerprint density at radius 2 is 1.97 bits per heavy atom. The fraction of sp³-hybridized carbons (Fsp3) is 0.364. The summed E-state index contributed by atoms with van der Waals surface area (Å²) >= 11 is 12.2. The number of halogens is 1. The molecular formula is C22H23ClN5O2S4+. The van der Waals surface area contributed by atoms with Crippen LogP contribution in [-0.2, 0) is 18.4 Å². The van der Waals surface area contributed by atoms with Crippen LogP contribution in [0.15, 0.2) is 28.0 Å². The number of fused-ring (bicyclic) bond motifs is 1. The van der Waals surface area contributed by atoms with E-state index in [2.05, 4.69) is 4.90 Å². The van der Waals surface area contributed by atoms with E-state index in [9.17, 15) is 9.59 Å². The number of nitrogens with zero attached hydrogens (tertiary/aromatic N) is 5. The molecule has 0 saturated carbocycles. The molecule has 178 valence electrons. The van der Waals surface area contributed by atoms with Crippen LogP contribution in [0.4, 0.5) is 5.13 Å². The lowest BCUT2D eigenvalue weighted by molar-refractivity contribution is -0.627. The molecule has 12 heteroatoms. The van der Waals surface area contributed by atoms with Crippen LogP contribution >= 0.6 is 57.8 Å². The van der Waals surface area contributed by atoms with Crippen LogP contribution in [0, 0.1) is 0 Å². The molecule has 2 aliphatic rings. The second-order valence-electron chi connectivity index (χ2n) is 7.79. The van der Waals surface area contributed by atoms with Crippen LogP contribution in [0.2, 0.25) is 5.02 Å². The Kier molecular flexibility index (Phi) is 6.58. The largest absolute Gasteiger partial charge is 0.385 e. The van der Waals surface area contributed by atoms with Crippen molar-refractivity contribution in [3.05, 3.63) is 42.8 Å². The molecule has 7 nitrogen and oxygen atoms in total. The molecule has 5 rings (SSSR count). The third-order valence-corrected chi connectivity index (χ3v) is 10.8. The molecule has 34 heavy (non-hydrogen) atoms. The molecular weight excluding hydrogens is 530 g/mol. The second-order valence-corrected chi connectivity index (χ2v) is 12.3. The number of benzene rings is 1. The highest BCUT2D eigenvalue weighted by atomic mass is 35.5. The summed E-state index contributed by atoms with van der Waals surface area (Å²) < 4.78 is 6.19. The minimum Gasteiger partial charge on any atom is -0.367 e. The number of carbonyl (C=O) groups excluding carboxylic acids is 1. The molecule has 2 saturated heterocycles. The summed E-state index contributed by atoms with van der Waals surface area (Å²) in [6, 6.07) is 5.76. The zero-order chi connectivity index (χ0) is 24.1. The Labute approximate surface area is 218 Å². The van der Waals surface area contributed by atoms with Crippen molar-refractivity contribution in [1.29, 1.82) is 0 Å². The second kappa shape index (κ2) is 9.34. The Balaban J connectivity index is 1.68. The Morgan fingerprint density at radius 3 is 2.65 bits per heavy atom. The smallest absolute Gasteiger partial charge is 0.367 e. The van der Waals surface area contributed by atoms with Crippen molar-refractivity contribution in [2.75, 3.05) is 25.9 Å². The van der Waals surface area contributed by atoms with E-state index >= 15 is 0 Å². The topological polar surface area (TPSA) is 61.8 Å². The number of aromatic nitrogens is 2. The SMILES string of the molecule is CCN1C(=O)/C(=c2/s/c(=C3/SCCN3C)c(=O)n2CC)S/C1=N\c1sc2cc(Cl)ccc2[n+]1C. The molecule has 0 atom stereocenters. The van der Waals surface area contributed by atoms with E-state index in [-0.39, 0.29) is 11.5 Å². The van der Waals surface area contributed by atoms with Gasteiger partial charge in [-0.05, 0) is 60.1 Å². The summed E-state index contributed by atoms with van der Waals surface area (Å²) in [5.41, 5.74) is 1.01. The average Bonchev–Trinajstić information content (AvgIpc) is 3.53. The van der Waals surface area contributed by atoms with Gasteiger partial charge in [-0.3, -0.25) is 19.1 Å². The molecule has 0 spiro atoms. The quantitative estimate of drug-likeness (QED) is 0.468. The van der Waals surface area contributed by atoms with E-state index in [1.807, 2.05) is 50.7 Å². The molecule has 0 radical (unpaired) electrons. The zero-order valence-electron chi connectivity index (χ0n) is 19.1. The van der Waals surface area contributed by atoms with Gasteiger partial charge in [-0.2, -0.15) is 0 Å². The van der Waals surface area contributed by atoms with Crippen molar-refractivity contribution in [1.82, 2.24) is 14.4 Å². The highest BCUT2D eigenvalue weighted by Gasteiger charge is 2.38. The predicted octanol–water partition coefficient (Wildman–Crippen LogP) is 2.76. The monoisotopic (exact) mass is 552 g/mol. The lowest BCUT2D eigenvalue weighted by Gasteiger charge is -2.08. The number of rotatable bonds is 3. The number of hydrogen-bond donors (Lipinski definition) is 0. The molecule has 1 amide bonds. The maximum Gasteiger partial charge on any atom is 0.385 e. The Bertz CT molecular complexity index is 1540. The van der Waals surface area contributed by atoms with Crippen LogP contribution < -0.4 is 19.3 Å². The van der Waals surface area contributed by atoms with Gasteiger partial charge >= 0.3 is 5.13 Å². The molecule has 3 aromatic rings. The van der Waals surface area contributed by atoms with Crippen LogP contribution in [0.1, 0.15) is 13.8 Å². The first kappa shape index (κ1) is 23.9. The van der Waals surface area contributed by atoms with Gasteiger partial charge in [0.25, 0.3) is 16.6 Å². The van der Waals surface area contributed by atoms with E-state index < -0.39 is 0 Å². The highest BCUT2D eigenvalue weighted by Crippen LogP contribution is 2.35. The summed E-state index contributed by atoms with van der Waals surface area (Å²) in [4.78, 5) is 35.9. The van der Waals surface area contributed by atoms with Gasteiger partial charge in [0.15, 0.2) is 0 Å². The van der Waals surface area contributed by atoms with Crippen molar-refractivity contribution in [2.45, 2.75) is 20.4 Å².